The summed E-state index contributed by atoms with van der Waals surface area (Å²) in [6.07, 6.45) is 0.420. The zero-order valence-corrected chi connectivity index (χ0v) is 25.9. The molecule has 234 valence electrons. The normalized spacial score (nSPS) is 19.5. The SMILES string of the molecule is C[C@@H]1[C@H](CSc2ccc(C(=O)O)cc2)O[C@H](c2ccc(CNC(=O)c3cnc4ccccc4n3)cc2)O[C@@H]1c1ccc(CO)cc1. The number of carboxylic acid groups (broad SMARTS) is 1. The van der Waals surface area contributed by atoms with Crippen LogP contribution in [0.2, 0.25) is 0 Å². The van der Waals surface area contributed by atoms with E-state index in [1.807, 2.05) is 84.9 Å². The highest BCUT2D eigenvalue weighted by Crippen LogP contribution is 2.43. The molecule has 0 aliphatic carbocycles. The Morgan fingerprint density at radius 1 is 0.848 bits per heavy atom. The van der Waals surface area contributed by atoms with Gasteiger partial charge in [-0.15, -0.1) is 11.8 Å². The van der Waals surface area contributed by atoms with Crippen LogP contribution in [0.5, 0.6) is 0 Å². The molecular weight excluding hydrogens is 602 g/mol. The van der Waals surface area contributed by atoms with Gasteiger partial charge in [0.1, 0.15) is 5.69 Å². The van der Waals surface area contributed by atoms with Gasteiger partial charge in [-0.1, -0.05) is 67.6 Å². The molecule has 46 heavy (non-hydrogen) atoms. The van der Waals surface area contributed by atoms with E-state index in [1.165, 1.54) is 6.20 Å². The van der Waals surface area contributed by atoms with Gasteiger partial charge in [-0.05, 0) is 53.1 Å². The summed E-state index contributed by atoms with van der Waals surface area (Å²) >= 11 is 1.61. The van der Waals surface area contributed by atoms with Gasteiger partial charge in [-0.3, -0.25) is 9.78 Å². The highest BCUT2D eigenvalue weighted by Gasteiger charge is 2.38. The van der Waals surface area contributed by atoms with E-state index in [9.17, 15) is 19.8 Å². The molecule has 1 aliphatic rings. The van der Waals surface area contributed by atoms with Crippen LogP contribution in [-0.4, -0.2) is 43.9 Å². The average molecular weight is 636 g/mol. The Kier molecular flexibility index (Phi) is 9.70. The number of aromatic nitrogens is 2. The number of ether oxygens (including phenoxy) is 2. The summed E-state index contributed by atoms with van der Waals surface area (Å²) in [5.74, 6) is -0.609. The van der Waals surface area contributed by atoms with E-state index in [4.69, 9.17) is 9.47 Å². The van der Waals surface area contributed by atoms with Gasteiger partial charge in [0.2, 0.25) is 0 Å². The number of fused-ring (bicyclic) bond motifs is 1. The summed E-state index contributed by atoms with van der Waals surface area (Å²) in [5, 5.41) is 21.7. The molecule has 5 aromatic rings. The number of aliphatic hydroxyl groups excluding tert-OH is 1. The summed E-state index contributed by atoms with van der Waals surface area (Å²) in [6, 6.07) is 29.8. The fourth-order valence-electron chi connectivity index (χ4n) is 5.31. The molecule has 1 fully saturated rings. The minimum absolute atomic E-state index is 0.00899. The quantitative estimate of drug-likeness (QED) is 0.151. The van der Waals surface area contributed by atoms with E-state index in [2.05, 4.69) is 22.2 Å². The second-order valence-electron chi connectivity index (χ2n) is 11.1. The standard InChI is InChI=1S/C36H33N3O6S/c1-22-32(21-46-28-16-14-26(15-17-28)35(42)43)44-36(45-33(22)25-10-8-24(20-40)9-11-25)27-12-6-23(7-13-27)18-38-34(41)31-19-37-29-4-2-3-5-30(29)39-31/h2-17,19,22,32-33,36,40H,18,20-21H2,1H3,(H,38,41)(H,42,43)/t22-,32+,33+,36+/m1/s1. The zero-order chi connectivity index (χ0) is 32.0. The topological polar surface area (TPSA) is 131 Å². The molecule has 4 aromatic carbocycles. The molecule has 10 heteroatoms. The van der Waals surface area contributed by atoms with E-state index in [-0.39, 0.29) is 41.9 Å². The van der Waals surface area contributed by atoms with Gasteiger partial charge in [0, 0.05) is 28.7 Å². The first kappa shape index (κ1) is 31.4. The van der Waals surface area contributed by atoms with E-state index in [1.54, 1.807) is 23.9 Å². The number of amides is 1. The number of para-hydroxylation sites is 2. The number of thioether (sulfide) groups is 1. The van der Waals surface area contributed by atoms with Crippen molar-refractivity contribution in [1.29, 1.82) is 0 Å². The highest BCUT2D eigenvalue weighted by atomic mass is 32.2. The largest absolute Gasteiger partial charge is 0.478 e. The minimum Gasteiger partial charge on any atom is -0.478 e. The summed E-state index contributed by atoms with van der Waals surface area (Å²) < 4.78 is 13.1. The predicted octanol–water partition coefficient (Wildman–Crippen LogP) is 6.33. The molecule has 0 spiro atoms. The minimum atomic E-state index is -0.955. The molecule has 0 radical (unpaired) electrons. The molecule has 6 rings (SSSR count). The lowest BCUT2D eigenvalue weighted by atomic mass is 9.91. The second-order valence-corrected chi connectivity index (χ2v) is 12.2. The molecule has 1 saturated heterocycles. The Labute approximate surface area is 270 Å². The van der Waals surface area contributed by atoms with Crippen molar-refractivity contribution >= 4 is 34.7 Å². The van der Waals surface area contributed by atoms with Gasteiger partial charge >= 0.3 is 5.97 Å². The van der Waals surface area contributed by atoms with Crippen LogP contribution in [0.4, 0.5) is 0 Å². The lowest BCUT2D eigenvalue weighted by Crippen LogP contribution is -2.38. The maximum Gasteiger partial charge on any atom is 0.335 e. The Bertz CT molecular complexity index is 1820. The first-order valence-electron chi connectivity index (χ1n) is 14.9. The molecule has 1 aliphatic heterocycles. The molecular formula is C36H33N3O6S. The number of carbonyl (C=O) groups excluding carboxylic acids is 1. The first-order chi connectivity index (χ1) is 22.4. The summed E-state index contributed by atoms with van der Waals surface area (Å²) in [7, 11) is 0. The molecule has 0 bridgehead atoms. The third kappa shape index (κ3) is 7.27. The third-order valence-electron chi connectivity index (χ3n) is 8.03. The van der Waals surface area contributed by atoms with Crippen molar-refractivity contribution in [1.82, 2.24) is 15.3 Å². The number of hydrogen-bond donors (Lipinski definition) is 3. The van der Waals surface area contributed by atoms with E-state index in [0.29, 0.717) is 17.8 Å². The van der Waals surface area contributed by atoms with Crippen LogP contribution in [0.1, 0.15) is 62.4 Å². The number of hydrogen-bond acceptors (Lipinski definition) is 8. The lowest BCUT2D eigenvalue weighted by molar-refractivity contribution is -0.268. The molecule has 1 amide bonds. The zero-order valence-electron chi connectivity index (χ0n) is 25.1. The Balaban J connectivity index is 1.15. The molecule has 3 N–H and O–H groups in total. The molecule has 0 saturated carbocycles. The van der Waals surface area contributed by atoms with Crippen LogP contribution in [0.15, 0.2) is 108 Å². The van der Waals surface area contributed by atoms with Crippen molar-refractivity contribution in [3.63, 3.8) is 0 Å². The van der Waals surface area contributed by atoms with Crippen LogP contribution in [0, 0.1) is 5.92 Å². The van der Waals surface area contributed by atoms with Gasteiger partial charge in [0.25, 0.3) is 5.91 Å². The van der Waals surface area contributed by atoms with Gasteiger partial charge in [-0.2, -0.15) is 0 Å². The van der Waals surface area contributed by atoms with Crippen LogP contribution in [0.3, 0.4) is 0 Å². The summed E-state index contributed by atoms with van der Waals surface area (Å²) in [6.45, 7) is 2.39. The number of carbonyl (C=O) groups is 2. The van der Waals surface area contributed by atoms with Crippen molar-refractivity contribution in [3.05, 3.63) is 137 Å². The van der Waals surface area contributed by atoms with Crippen molar-refractivity contribution in [2.24, 2.45) is 5.92 Å². The number of aliphatic hydroxyl groups is 1. The Morgan fingerprint density at radius 3 is 2.22 bits per heavy atom. The smallest absolute Gasteiger partial charge is 0.335 e. The van der Waals surface area contributed by atoms with Crippen molar-refractivity contribution in [2.75, 3.05) is 5.75 Å². The first-order valence-corrected chi connectivity index (χ1v) is 15.9. The summed E-state index contributed by atoms with van der Waals surface area (Å²) in [5.41, 5.74) is 5.48. The van der Waals surface area contributed by atoms with E-state index < -0.39 is 12.3 Å². The second kappa shape index (κ2) is 14.2. The van der Waals surface area contributed by atoms with Gasteiger partial charge in [0.15, 0.2) is 6.29 Å². The van der Waals surface area contributed by atoms with Crippen molar-refractivity contribution < 1.29 is 29.3 Å². The predicted molar refractivity (Wildman–Crippen MR) is 174 cm³/mol. The molecule has 2 heterocycles. The van der Waals surface area contributed by atoms with E-state index >= 15 is 0 Å². The number of nitrogens with zero attached hydrogens (tertiary/aromatic N) is 2. The van der Waals surface area contributed by atoms with Gasteiger partial charge < -0.3 is 25.0 Å². The molecule has 1 aromatic heterocycles. The fourth-order valence-corrected chi connectivity index (χ4v) is 6.38. The number of benzene rings is 4. The van der Waals surface area contributed by atoms with Crippen molar-refractivity contribution in [3.8, 4) is 0 Å². The number of rotatable bonds is 10. The van der Waals surface area contributed by atoms with Crippen LogP contribution in [0.25, 0.3) is 11.0 Å². The monoisotopic (exact) mass is 635 g/mol. The van der Waals surface area contributed by atoms with Crippen LogP contribution in [-0.2, 0) is 22.6 Å². The Morgan fingerprint density at radius 2 is 1.52 bits per heavy atom. The fraction of sp³-hybridized carbons (Fsp3) is 0.222. The average Bonchev–Trinajstić information content (AvgIpc) is 3.10. The number of nitrogens with one attached hydrogen (secondary N) is 1. The molecule has 4 atom stereocenters. The lowest BCUT2D eigenvalue weighted by Gasteiger charge is -2.41. The third-order valence-corrected chi connectivity index (χ3v) is 9.13. The highest BCUT2D eigenvalue weighted by molar-refractivity contribution is 7.99. The maximum atomic E-state index is 12.8. The van der Waals surface area contributed by atoms with E-state index in [0.717, 1.165) is 32.7 Å². The van der Waals surface area contributed by atoms with Gasteiger partial charge in [-0.25, -0.2) is 9.78 Å². The Hall–Kier alpha value is -4.61. The maximum absolute atomic E-state index is 12.8. The van der Waals surface area contributed by atoms with Crippen molar-refractivity contribution in [2.45, 2.75) is 43.5 Å². The number of carboxylic acids is 1. The molecule has 9 nitrogen and oxygen atoms in total. The van der Waals surface area contributed by atoms with Crippen LogP contribution < -0.4 is 5.32 Å². The van der Waals surface area contributed by atoms with Crippen LogP contribution >= 0.6 is 11.8 Å². The number of aromatic carboxylic acids is 1. The van der Waals surface area contributed by atoms with Gasteiger partial charge in [0.05, 0.1) is 41.6 Å². The molecule has 0 unspecified atom stereocenters. The summed E-state index contributed by atoms with van der Waals surface area (Å²) in [4.78, 5) is 33.7.